The van der Waals surface area contributed by atoms with Gasteiger partial charge < -0.3 is 0 Å². The minimum Gasteiger partial charge on any atom is -0.147 e. The second kappa shape index (κ2) is 10.1. The molecule has 0 aromatic heterocycles. The molecule has 0 saturated carbocycles. The van der Waals surface area contributed by atoms with Crippen molar-refractivity contribution in [1.82, 2.24) is 0 Å². The molecule has 2 aliphatic carbocycles. The molecule has 1 aromatic carbocycles. The zero-order valence-corrected chi connectivity index (χ0v) is 19.9. The normalized spacial score (nSPS) is 19.8. The molecule has 0 aliphatic heterocycles. The van der Waals surface area contributed by atoms with Crippen molar-refractivity contribution >= 4 is 31.7 Å². The van der Waals surface area contributed by atoms with Gasteiger partial charge in [-0.3, -0.25) is 0 Å². The van der Waals surface area contributed by atoms with Crippen LogP contribution in [0.2, 0.25) is 0 Å². The van der Waals surface area contributed by atoms with Crippen molar-refractivity contribution in [2.24, 2.45) is 5.92 Å². The van der Waals surface area contributed by atoms with Gasteiger partial charge in [-0.25, -0.2) is 0 Å². The maximum atomic E-state index is 2.53. The molecular formula is C21H28Cl2SiTi. The number of hydrogen-bond donors (Lipinski definition) is 0. The molecular weight excluding hydrogens is 399 g/mol. The van der Waals surface area contributed by atoms with Gasteiger partial charge in [0.15, 0.2) is 0 Å². The summed E-state index contributed by atoms with van der Waals surface area (Å²) in [7, 11) is 0. The smallest absolute Gasteiger partial charge is 0.147 e. The molecule has 0 nitrogen and oxygen atoms in total. The fourth-order valence-corrected chi connectivity index (χ4v) is 15.6. The molecule has 0 heterocycles. The van der Waals surface area contributed by atoms with E-state index in [2.05, 4.69) is 76.3 Å². The van der Waals surface area contributed by atoms with Crippen molar-refractivity contribution in [3.05, 3.63) is 78.6 Å². The number of halogens is 2. The van der Waals surface area contributed by atoms with Gasteiger partial charge in [-0.1, -0.05) is 0 Å². The second-order valence-corrected chi connectivity index (χ2v) is 15.2. The van der Waals surface area contributed by atoms with Crippen LogP contribution in [0.15, 0.2) is 73.0 Å². The van der Waals surface area contributed by atoms with Crippen LogP contribution in [0.3, 0.4) is 0 Å². The number of hydrogen-bond acceptors (Lipinski definition) is 0. The summed E-state index contributed by atoms with van der Waals surface area (Å²) in [4.78, 5) is 0. The van der Waals surface area contributed by atoms with E-state index in [-0.39, 0.29) is 24.8 Å². The summed E-state index contributed by atoms with van der Waals surface area (Å²) in [5.41, 5.74) is 6.18. The van der Waals surface area contributed by atoms with E-state index in [9.17, 15) is 0 Å². The molecule has 0 bridgehead atoms. The quantitative estimate of drug-likeness (QED) is 0.509. The van der Waals surface area contributed by atoms with E-state index in [1.165, 1.54) is 23.6 Å². The van der Waals surface area contributed by atoms with E-state index in [1.807, 2.05) is 7.76 Å². The topological polar surface area (TPSA) is 0 Å². The Bertz CT molecular complexity index is 770. The van der Waals surface area contributed by atoms with Crippen LogP contribution in [-0.4, -0.2) is 6.91 Å². The molecule has 0 N–H and O–H groups in total. The predicted octanol–water partition coefficient (Wildman–Crippen LogP) is 6.10. The van der Waals surface area contributed by atoms with Crippen LogP contribution >= 0.6 is 24.8 Å². The fourth-order valence-electron chi connectivity index (χ4n) is 3.71. The standard InChI is InChI=1S/C7H8Si.2C7H9.2ClH.Ti/c8-6-7-4-2-1-3-5-7;2*1-6-3-4-7(2)5-6;;;/h1-5,8H,6H2;5H,3H2,1-2H3;3,5,7H,1-2H3;2*1H;. The van der Waals surface area contributed by atoms with Gasteiger partial charge in [0, 0.05) is 0 Å². The van der Waals surface area contributed by atoms with Gasteiger partial charge >= 0.3 is 148 Å². The summed E-state index contributed by atoms with van der Waals surface area (Å²) in [6, 6.07) is 12.4. The summed E-state index contributed by atoms with van der Waals surface area (Å²) in [6.07, 6.45) is 8.69. The first-order chi connectivity index (χ1) is 11.0. The van der Waals surface area contributed by atoms with E-state index in [4.69, 9.17) is 0 Å². The van der Waals surface area contributed by atoms with Gasteiger partial charge in [0.25, 0.3) is 0 Å². The monoisotopic (exact) mass is 426 g/mol. The average Bonchev–Trinajstić information content (AvgIpc) is 3.02. The van der Waals surface area contributed by atoms with Crippen molar-refractivity contribution in [1.29, 1.82) is 0 Å². The minimum absolute atomic E-state index is 0. The van der Waals surface area contributed by atoms with E-state index in [1.54, 1.807) is 11.1 Å². The second-order valence-electron chi connectivity index (χ2n) is 6.94. The van der Waals surface area contributed by atoms with Gasteiger partial charge in [-0.05, 0) is 0 Å². The summed E-state index contributed by atoms with van der Waals surface area (Å²) in [6.45, 7) is 9.84. The molecule has 0 spiro atoms. The Balaban J connectivity index is 0.00000156. The Hall–Kier alpha value is -0.309. The SMILES string of the molecule is CC1=CC(C)[C](/[Ti](=[SiH]\Cc2ccccc2)[C]2=C(C)C=C(C)C2)=C1.Cl.Cl. The van der Waals surface area contributed by atoms with Crippen molar-refractivity contribution in [3.63, 3.8) is 0 Å². The van der Waals surface area contributed by atoms with Gasteiger partial charge in [-0.15, -0.1) is 24.8 Å². The van der Waals surface area contributed by atoms with Crippen molar-refractivity contribution in [3.8, 4) is 0 Å². The van der Waals surface area contributed by atoms with Gasteiger partial charge in [0.2, 0.25) is 0 Å². The Morgan fingerprint density at radius 3 is 2.24 bits per heavy atom. The third-order valence-electron chi connectivity index (χ3n) is 4.80. The molecule has 134 valence electrons. The Morgan fingerprint density at radius 1 is 1.04 bits per heavy atom. The Labute approximate surface area is 172 Å². The molecule has 1 unspecified atom stereocenters. The maximum Gasteiger partial charge on any atom is -0.147 e. The molecule has 3 rings (SSSR count). The van der Waals surface area contributed by atoms with Crippen molar-refractivity contribution in [2.45, 2.75) is 40.2 Å². The molecule has 1 aromatic rings. The van der Waals surface area contributed by atoms with Gasteiger partial charge in [-0.2, -0.15) is 0 Å². The molecule has 2 aliphatic rings. The molecule has 0 fully saturated rings. The summed E-state index contributed by atoms with van der Waals surface area (Å²) in [5.74, 6) is 0.675. The fraction of sp³-hybridized carbons (Fsp3) is 0.333. The maximum absolute atomic E-state index is 2.53. The van der Waals surface area contributed by atoms with E-state index >= 15 is 0 Å². The molecule has 0 saturated heterocycles. The van der Waals surface area contributed by atoms with Crippen LogP contribution in [0.4, 0.5) is 0 Å². The first-order valence-electron chi connectivity index (χ1n) is 8.56. The molecule has 4 heteroatoms. The van der Waals surface area contributed by atoms with Crippen molar-refractivity contribution in [2.75, 3.05) is 0 Å². The zero-order valence-electron chi connectivity index (χ0n) is 15.5. The number of allylic oxidation sites excluding steroid dienone is 8. The molecule has 1 atom stereocenters. The van der Waals surface area contributed by atoms with Crippen LogP contribution in [0, 0.1) is 5.92 Å². The van der Waals surface area contributed by atoms with E-state index in [0.717, 1.165) is 0 Å². The van der Waals surface area contributed by atoms with Crippen LogP contribution in [0.5, 0.6) is 0 Å². The molecule has 0 amide bonds. The largest absolute Gasteiger partial charge is 0.147 e. The summed E-state index contributed by atoms with van der Waals surface area (Å²) >= 11 is -1.31. The number of rotatable bonds is 4. The summed E-state index contributed by atoms with van der Waals surface area (Å²) in [5, 5.41) is 0. The Kier molecular flexibility index (Phi) is 9.22. The first-order valence-corrected chi connectivity index (χ1v) is 14.2. The molecule has 0 radical (unpaired) electrons. The van der Waals surface area contributed by atoms with Crippen LogP contribution < -0.4 is 0 Å². The van der Waals surface area contributed by atoms with E-state index in [0.29, 0.717) is 12.8 Å². The Morgan fingerprint density at radius 2 is 1.72 bits per heavy atom. The third-order valence-corrected chi connectivity index (χ3v) is 15.4. The zero-order chi connectivity index (χ0) is 16.4. The van der Waals surface area contributed by atoms with Crippen LogP contribution in [-0.2, 0) is 22.7 Å². The van der Waals surface area contributed by atoms with Gasteiger partial charge in [0.05, 0.1) is 0 Å². The third kappa shape index (κ3) is 5.58. The predicted molar refractivity (Wildman–Crippen MR) is 114 cm³/mol. The van der Waals surface area contributed by atoms with Crippen LogP contribution in [0.1, 0.15) is 39.7 Å². The molecule has 25 heavy (non-hydrogen) atoms. The minimum atomic E-state index is -1.31. The van der Waals surface area contributed by atoms with Gasteiger partial charge in [0.1, 0.15) is 0 Å². The first kappa shape index (κ1) is 22.7. The van der Waals surface area contributed by atoms with Crippen LogP contribution in [0.25, 0.3) is 0 Å². The van der Waals surface area contributed by atoms with Crippen molar-refractivity contribution < 1.29 is 16.6 Å². The average molecular weight is 427 g/mol. The number of benzene rings is 1. The summed E-state index contributed by atoms with van der Waals surface area (Å²) < 4.78 is 3.68. The van der Waals surface area contributed by atoms with E-state index < -0.39 is 16.6 Å².